The van der Waals surface area contributed by atoms with Crippen LogP contribution in [0.2, 0.25) is 0 Å². The zero-order valence-corrected chi connectivity index (χ0v) is 13.5. The highest BCUT2D eigenvalue weighted by Crippen LogP contribution is 2.36. The van der Waals surface area contributed by atoms with Gasteiger partial charge in [0.2, 0.25) is 0 Å². The molecule has 0 amide bonds. The van der Waals surface area contributed by atoms with Gasteiger partial charge >= 0.3 is 7.12 Å². The quantitative estimate of drug-likeness (QED) is 0.843. The van der Waals surface area contributed by atoms with E-state index in [1.54, 1.807) is 0 Å². The predicted octanol–water partition coefficient (Wildman–Crippen LogP) is 1.85. The molecule has 0 radical (unpaired) electrons. The maximum Gasteiger partial charge on any atom is 0.494 e. The summed E-state index contributed by atoms with van der Waals surface area (Å²) < 4.78 is 12.3. The van der Waals surface area contributed by atoms with E-state index in [1.165, 1.54) is 5.69 Å². The van der Waals surface area contributed by atoms with Crippen molar-refractivity contribution in [2.45, 2.75) is 57.7 Å². The third kappa shape index (κ3) is 2.87. The number of nitrogens with zero attached hydrogens (tertiary/aromatic N) is 1. The molecule has 0 bridgehead atoms. The maximum atomic E-state index is 6.13. The molecule has 0 atom stereocenters. The molecule has 3 rings (SSSR count). The number of aromatic nitrogens is 1. The monoisotopic (exact) mass is 288 g/mol. The Kier molecular flexibility index (Phi) is 3.84. The van der Waals surface area contributed by atoms with Crippen LogP contribution in [0.3, 0.4) is 0 Å². The van der Waals surface area contributed by atoms with Crippen molar-refractivity contribution in [1.29, 1.82) is 0 Å². The van der Waals surface area contributed by atoms with Gasteiger partial charge in [-0.05, 0) is 71.2 Å². The van der Waals surface area contributed by atoms with Gasteiger partial charge in [-0.25, -0.2) is 0 Å². The van der Waals surface area contributed by atoms with Crippen LogP contribution in [0.1, 0.15) is 52.1 Å². The predicted molar refractivity (Wildman–Crippen MR) is 84.8 cm³/mol. The van der Waals surface area contributed by atoms with E-state index in [0.29, 0.717) is 5.92 Å². The molecule has 2 saturated heterocycles. The normalized spacial score (nSPS) is 25.2. The lowest BCUT2D eigenvalue weighted by molar-refractivity contribution is 0.00578. The van der Waals surface area contributed by atoms with Crippen molar-refractivity contribution in [2.24, 2.45) is 0 Å². The van der Waals surface area contributed by atoms with Crippen molar-refractivity contribution in [3.05, 3.63) is 24.0 Å². The first kappa shape index (κ1) is 15.0. The molecular weight excluding hydrogens is 263 g/mol. The number of hydrogen-bond donors (Lipinski definition) is 1. The zero-order valence-electron chi connectivity index (χ0n) is 13.5. The number of rotatable bonds is 2. The van der Waals surface area contributed by atoms with Crippen LogP contribution in [0.5, 0.6) is 0 Å². The summed E-state index contributed by atoms with van der Waals surface area (Å²) in [6, 6.07) is 4.17. The number of hydrogen-bond acceptors (Lipinski definition) is 4. The van der Waals surface area contributed by atoms with E-state index >= 15 is 0 Å². The standard InChI is InChI=1S/C16H25BN2O2/c1-15(2)16(3,4)21-17(20-15)13-7-10-19-14(11-13)12-5-8-18-9-6-12/h7,10-12,18H,5-6,8-9H2,1-4H3. The van der Waals surface area contributed by atoms with Crippen LogP contribution in [-0.4, -0.2) is 36.4 Å². The molecule has 0 saturated carbocycles. The summed E-state index contributed by atoms with van der Waals surface area (Å²) in [4.78, 5) is 4.57. The average Bonchev–Trinajstić information content (AvgIpc) is 2.69. The molecule has 2 aliphatic heterocycles. The number of pyridine rings is 1. The third-order valence-electron chi connectivity index (χ3n) is 5.09. The summed E-state index contributed by atoms with van der Waals surface area (Å²) in [6.45, 7) is 10.5. The van der Waals surface area contributed by atoms with Gasteiger partial charge in [0.15, 0.2) is 0 Å². The van der Waals surface area contributed by atoms with E-state index in [2.05, 4.69) is 44.1 Å². The summed E-state index contributed by atoms with van der Waals surface area (Å²) in [6.07, 6.45) is 4.19. The van der Waals surface area contributed by atoms with E-state index in [4.69, 9.17) is 9.31 Å². The summed E-state index contributed by atoms with van der Waals surface area (Å²) in [5, 5.41) is 3.40. The first-order valence-electron chi connectivity index (χ1n) is 7.91. The Labute approximate surface area is 127 Å². The van der Waals surface area contributed by atoms with Crippen molar-refractivity contribution < 1.29 is 9.31 Å². The summed E-state index contributed by atoms with van der Waals surface area (Å²) >= 11 is 0. The molecule has 1 aromatic rings. The van der Waals surface area contributed by atoms with E-state index in [1.807, 2.05) is 12.3 Å². The molecule has 5 heteroatoms. The van der Waals surface area contributed by atoms with Gasteiger partial charge in [0, 0.05) is 17.8 Å². The minimum Gasteiger partial charge on any atom is -0.399 e. The Hall–Kier alpha value is -0.905. The molecule has 0 spiro atoms. The Morgan fingerprint density at radius 3 is 2.38 bits per heavy atom. The van der Waals surface area contributed by atoms with Gasteiger partial charge < -0.3 is 14.6 Å². The number of piperidine rings is 1. The van der Waals surface area contributed by atoms with Crippen LogP contribution in [0.4, 0.5) is 0 Å². The highest BCUT2D eigenvalue weighted by atomic mass is 16.7. The van der Waals surface area contributed by atoms with Gasteiger partial charge in [0.25, 0.3) is 0 Å². The molecule has 0 unspecified atom stereocenters. The molecule has 114 valence electrons. The van der Waals surface area contributed by atoms with Gasteiger partial charge in [-0.1, -0.05) is 0 Å². The van der Waals surface area contributed by atoms with Gasteiger partial charge in [-0.15, -0.1) is 0 Å². The molecule has 1 aromatic heterocycles. The van der Waals surface area contributed by atoms with E-state index in [9.17, 15) is 0 Å². The van der Waals surface area contributed by atoms with Gasteiger partial charge in [-0.3, -0.25) is 4.98 Å². The average molecular weight is 288 g/mol. The molecule has 4 nitrogen and oxygen atoms in total. The lowest BCUT2D eigenvalue weighted by atomic mass is 9.78. The van der Waals surface area contributed by atoms with Crippen LogP contribution in [0, 0.1) is 0 Å². The zero-order chi connectivity index (χ0) is 15.1. The van der Waals surface area contributed by atoms with Crippen LogP contribution in [-0.2, 0) is 9.31 Å². The Morgan fingerprint density at radius 1 is 1.14 bits per heavy atom. The van der Waals surface area contributed by atoms with Gasteiger partial charge in [0.05, 0.1) is 11.2 Å². The lowest BCUT2D eigenvalue weighted by Crippen LogP contribution is -2.41. The van der Waals surface area contributed by atoms with Crippen molar-refractivity contribution in [3.8, 4) is 0 Å². The second-order valence-corrected chi connectivity index (χ2v) is 7.13. The van der Waals surface area contributed by atoms with E-state index < -0.39 is 0 Å². The minimum atomic E-state index is -0.296. The molecule has 0 aromatic carbocycles. The van der Waals surface area contributed by atoms with E-state index in [0.717, 1.165) is 31.4 Å². The molecular formula is C16H25BN2O2. The topological polar surface area (TPSA) is 43.4 Å². The van der Waals surface area contributed by atoms with Crippen molar-refractivity contribution in [2.75, 3.05) is 13.1 Å². The van der Waals surface area contributed by atoms with E-state index in [-0.39, 0.29) is 18.3 Å². The summed E-state index contributed by atoms with van der Waals surface area (Å²) in [7, 11) is -0.293. The summed E-state index contributed by atoms with van der Waals surface area (Å²) in [5.74, 6) is 0.550. The van der Waals surface area contributed by atoms with Crippen molar-refractivity contribution in [1.82, 2.24) is 10.3 Å². The molecule has 0 aliphatic carbocycles. The van der Waals surface area contributed by atoms with Crippen LogP contribution >= 0.6 is 0 Å². The first-order chi connectivity index (χ1) is 9.89. The van der Waals surface area contributed by atoms with Crippen LogP contribution in [0.25, 0.3) is 0 Å². The smallest absolute Gasteiger partial charge is 0.399 e. The maximum absolute atomic E-state index is 6.13. The highest BCUT2D eigenvalue weighted by molar-refractivity contribution is 6.62. The largest absolute Gasteiger partial charge is 0.494 e. The van der Waals surface area contributed by atoms with Gasteiger partial charge in [-0.2, -0.15) is 0 Å². The van der Waals surface area contributed by atoms with Crippen molar-refractivity contribution in [3.63, 3.8) is 0 Å². The second kappa shape index (κ2) is 5.38. The molecule has 2 aliphatic rings. The summed E-state index contributed by atoms with van der Waals surface area (Å²) in [5.41, 5.74) is 1.66. The van der Waals surface area contributed by atoms with Crippen molar-refractivity contribution >= 4 is 12.6 Å². The molecule has 3 heterocycles. The highest BCUT2D eigenvalue weighted by Gasteiger charge is 2.51. The SMILES string of the molecule is CC1(C)OB(c2ccnc(C3CCNCC3)c2)OC1(C)C. The second-order valence-electron chi connectivity index (χ2n) is 7.13. The fourth-order valence-electron chi connectivity index (χ4n) is 2.93. The molecule has 2 fully saturated rings. The third-order valence-corrected chi connectivity index (χ3v) is 5.09. The Bertz CT molecular complexity index is 497. The van der Waals surface area contributed by atoms with Gasteiger partial charge in [0.1, 0.15) is 0 Å². The molecule has 21 heavy (non-hydrogen) atoms. The molecule has 1 N–H and O–H groups in total. The minimum absolute atomic E-state index is 0.293. The fourth-order valence-corrected chi connectivity index (χ4v) is 2.93. The first-order valence-corrected chi connectivity index (χ1v) is 7.91. The lowest BCUT2D eigenvalue weighted by Gasteiger charge is -2.32. The Morgan fingerprint density at radius 2 is 1.76 bits per heavy atom. The fraction of sp³-hybridized carbons (Fsp3) is 0.688. The number of nitrogens with one attached hydrogen (secondary N) is 1. The van der Waals surface area contributed by atoms with Crippen LogP contribution < -0.4 is 10.8 Å². The van der Waals surface area contributed by atoms with Crippen LogP contribution in [0.15, 0.2) is 18.3 Å². The Balaban J connectivity index is 1.81.